The topological polar surface area (TPSA) is 47.9 Å². The first kappa shape index (κ1) is 15.0. The minimum atomic E-state index is -0.310. The highest BCUT2D eigenvalue weighted by atomic mass is 16.2. The van der Waals surface area contributed by atoms with Crippen molar-refractivity contribution in [3.8, 4) is 0 Å². The Morgan fingerprint density at radius 1 is 0.680 bits per heavy atom. The van der Waals surface area contributed by atoms with Gasteiger partial charge < -0.3 is 0 Å². The maximum absolute atomic E-state index is 12.6. The van der Waals surface area contributed by atoms with E-state index in [0.717, 1.165) is 11.3 Å². The van der Waals surface area contributed by atoms with Gasteiger partial charge in [0.2, 0.25) is 0 Å². The van der Waals surface area contributed by atoms with Crippen LogP contribution in [0.5, 0.6) is 0 Å². The van der Waals surface area contributed by atoms with Crippen LogP contribution in [0.25, 0.3) is 0 Å². The summed E-state index contributed by atoms with van der Waals surface area (Å²) < 4.78 is 0. The van der Waals surface area contributed by atoms with Crippen LogP contribution in [0, 0.1) is 0 Å². The van der Waals surface area contributed by atoms with Crippen LogP contribution in [-0.2, 0) is 0 Å². The van der Waals surface area contributed by atoms with E-state index in [-0.39, 0.29) is 6.03 Å². The number of carbonyl (C=O) groups is 1. The zero-order valence-electron chi connectivity index (χ0n) is 13.4. The number of nitrogens with zero attached hydrogens (tertiary/aromatic N) is 3. The number of amides is 2. The molecule has 5 heteroatoms. The number of rotatable bonds is 3. The summed E-state index contributed by atoms with van der Waals surface area (Å²) in [6, 6.07) is 28.5. The van der Waals surface area contributed by atoms with Gasteiger partial charge in [0.25, 0.3) is 0 Å². The number of carbonyl (C=O) groups excluding carboxylic acids is 1. The Labute approximate surface area is 145 Å². The number of urea groups is 1. The molecule has 0 bridgehead atoms. The predicted octanol–water partition coefficient (Wildman–Crippen LogP) is 4.00. The van der Waals surface area contributed by atoms with Gasteiger partial charge in [-0.2, -0.15) is 5.01 Å². The van der Waals surface area contributed by atoms with E-state index < -0.39 is 0 Å². The van der Waals surface area contributed by atoms with Crippen molar-refractivity contribution < 1.29 is 4.79 Å². The van der Waals surface area contributed by atoms with Crippen LogP contribution < -0.4 is 15.4 Å². The Morgan fingerprint density at radius 2 is 1.20 bits per heavy atom. The molecule has 4 rings (SSSR count). The second kappa shape index (κ2) is 6.49. The van der Waals surface area contributed by atoms with Crippen LogP contribution in [0.2, 0.25) is 0 Å². The summed E-state index contributed by atoms with van der Waals surface area (Å²) in [5.41, 5.74) is 5.38. The van der Waals surface area contributed by atoms with Gasteiger partial charge in [-0.25, -0.2) is 15.2 Å². The van der Waals surface area contributed by atoms with E-state index in [0.29, 0.717) is 11.5 Å². The zero-order valence-corrected chi connectivity index (χ0v) is 13.4. The van der Waals surface area contributed by atoms with E-state index >= 15 is 0 Å². The van der Waals surface area contributed by atoms with Gasteiger partial charge in [0, 0.05) is 5.56 Å². The molecule has 1 heterocycles. The summed E-state index contributed by atoms with van der Waals surface area (Å²) in [6.07, 6.45) is 0. The molecule has 2 amide bonds. The van der Waals surface area contributed by atoms with Crippen LogP contribution in [0.15, 0.2) is 96.1 Å². The van der Waals surface area contributed by atoms with Gasteiger partial charge in [-0.3, -0.25) is 0 Å². The summed E-state index contributed by atoms with van der Waals surface area (Å²) in [5.74, 6) is 0.648. The van der Waals surface area contributed by atoms with Crippen molar-refractivity contribution in [3.05, 3.63) is 96.6 Å². The Kier molecular flexibility index (Phi) is 3.88. The maximum Gasteiger partial charge on any atom is 0.361 e. The van der Waals surface area contributed by atoms with E-state index in [9.17, 15) is 4.79 Å². The second-order valence-corrected chi connectivity index (χ2v) is 5.52. The first-order valence-corrected chi connectivity index (χ1v) is 7.98. The third-order valence-electron chi connectivity index (χ3n) is 3.85. The fourth-order valence-corrected chi connectivity index (χ4v) is 2.66. The minimum Gasteiger partial charge on any atom is -0.244 e. The Bertz CT molecular complexity index is 895. The molecule has 0 aromatic heterocycles. The highest BCUT2D eigenvalue weighted by Gasteiger charge is 2.29. The SMILES string of the molecule is O=C1NN(c2ccccc2)C(c2ccccc2)=NN1c1ccccc1. The Balaban J connectivity index is 1.83. The molecule has 0 spiro atoms. The Morgan fingerprint density at radius 3 is 1.80 bits per heavy atom. The fourth-order valence-electron chi connectivity index (χ4n) is 2.66. The van der Waals surface area contributed by atoms with Crippen molar-refractivity contribution in [1.82, 2.24) is 5.43 Å². The molecule has 25 heavy (non-hydrogen) atoms. The summed E-state index contributed by atoms with van der Waals surface area (Å²) >= 11 is 0. The van der Waals surface area contributed by atoms with Crippen molar-refractivity contribution in [3.63, 3.8) is 0 Å². The maximum atomic E-state index is 12.6. The summed E-state index contributed by atoms with van der Waals surface area (Å²) in [4.78, 5) is 12.6. The van der Waals surface area contributed by atoms with Crippen LogP contribution in [0.3, 0.4) is 0 Å². The van der Waals surface area contributed by atoms with E-state index in [4.69, 9.17) is 0 Å². The van der Waals surface area contributed by atoms with Gasteiger partial charge in [-0.15, -0.1) is 5.10 Å². The number of hydrazone groups is 1. The van der Waals surface area contributed by atoms with E-state index in [1.54, 1.807) is 5.01 Å². The van der Waals surface area contributed by atoms with Crippen LogP contribution in [0.1, 0.15) is 5.56 Å². The van der Waals surface area contributed by atoms with Gasteiger partial charge in [-0.1, -0.05) is 66.7 Å². The molecule has 3 aromatic carbocycles. The third-order valence-corrected chi connectivity index (χ3v) is 3.85. The number of anilines is 2. The number of benzene rings is 3. The standard InChI is InChI=1S/C20H16N4O/c25-20-22-23(17-12-6-2-7-13-17)19(16-10-4-1-5-11-16)21-24(20)18-14-8-3-9-15-18/h1-15H,(H,22,25). The largest absolute Gasteiger partial charge is 0.361 e. The summed E-state index contributed by atoms with van der Waals surface area (Å²) in [6.45, 7) is 0. The Hall–Kier alpha value is -3.60. The molecule has 0 atom stereocenters. The van der Waals surface area contributed by atoms with Gasteiger partial charge >= 0.3 is 6.03 Å². The van der Waals surface area contributed by atoms with Gasteiger partial charge in [0.15, 0.2) is 5.84 Å². The van der Waals surface area contributed by atoms with Crippen LogP contribution in [0.4, 0.5) is 16.2 Å². The fraction of sp³-hybridized carbons (Fsp3) is 0. The second-order valence-electron chi connectivity index (χ2n) is 5.52. The predicted molar refractivity (Wildman–Crippen MR) is 99.4 cm³/mol. The number of hydrogen-bond donors (Lipinski definition) is 1. The molecule has 3 aromatic rings. The van der Waals surface area contributed by atoms with Crippen molar-refractivity contribution in [2.45, 2.75) is 0 Å². The normalized spacial score (nSPS) is 14.1. The molecule has 0 aliphatic carbocycles. The van der Waals surface area contributed by atoms with E-state index in [1.165, 1.54) is 5.01 Å². The third kappa shape index (κ3) is 2.95. The number of nitrogens with one attached hydrogen (secondary N) is 1. The molecule has 1 N–H and O–H groups in total. The number of para-hydroxylation sites is 2. The smallest absolute Gasteiger partial charge is 0.244 e. The lowest BCUT2D eigenvalue weighted by molar-refractivity contribution is 0.246. The van der Waals surface area contributed by atoms with Crippen LogP contribution >= 0.6 is 0 Å². The molecule has 5 nitrogen and oxygen atoms in total. The van der Waals surface area contributed by atoms with E-state index in [1.807, 2.05) is 91.0 Å². The summed E-state index contributed by atoms with van der Waals surface area (Å²) in [7, 11) is 0. The summed E-state index contributed by atoms with van der Waals surface area (Å²) in [5, 5.41) is 7.71. The number of hydrazine groups is 1. The molecular weight excluding hydrogens is 312 g/mol. The average molecular weight is 328 g/mol. The minimum absolute atomic E-state index is 0.310. The first-order chi connectivity index (χ1) is 12.3. The number of amidine groups is 1. The highest BCUT2D eigenvalue weighted by Crippen LogP contribution is 2.23. The first-order valence-electron chi connectivity index (χ1n) is 7.98. The lowest BCUT2D eigenvalue weighted by Crippen LogP contribution is -2.56. The molecule has 0 saturated carbocycles. The lowest BCUT2D eigenvalue weighted by atomic mass is 10.2. The molecule has 122 valence electrons. The monoisotopic (exact) mass is 328 g/mol. The molecular formula is C20H16N4O. The molecule has 0 unspecified atom stereocenters. The molecule has 0 fully saturated rings. The molecule has 1 aliphatic rings. The van der Waals surface area contributed by atoms with Gasteiger partial charge in [-0.05, 0) is 24.3 Å². The van der Waals surface area contributed by atoms with Crippen LogP contribution in [-0.4, -0.2) is 11.9 Å². The molecule has 0 saturated heterocycles. The van der Waals surface area contributed by atoms with Crippen molar-refractivity contribution >= 4 is 23.2 Å². The highest BCUT2D eigenvalue weighted by molar-refractivity contribution is 6.15. The van der Waals surface area contributed by atoms with Crippen molar-refractivity contribution in [2.24, 2.45) is 5.10 Å². The van der Waals surface area contributed by atoms with Crippen molar-refractivity contribution in [2.75, 3.05) is 10.0 Å². The quantitative estimate of drug-likeness (QED) is 0.790. The van der Waals surface area contributed by atoms with Gasteiger partial charge in [0.05, 0.1) is 11.4 Å². The zero-order chi connectivity index (χ0) is 17.1. The van der Waals surface area contributed by atoms with Crippen molar-refractivity contribution in [1.29, 1.82) is 0 Å². The van der Waals surface area contributed by atoms with E-state index in [2.05, 4.69) is 10.5 Å². The van der Waals surface area contributed by atoms with Gasteiger partial charge in [0.1, 0.15) is 0 Å². The number of hydrogen-bond acceptors (Lipinski definition) is 3. The molecule has 1 aliphatic heterocycles. The average Bonchev–Trinajstić information content (AvgIpc) is 2.70. The molecule has 0 radical (unpaired) electrons. The lowest BCUT2D eigenvalue weighted by Gasteiger charge is -2.34.